The molecule has 0 radical (unpaired) electrons. The number of hydrogen-bond acceptors (Lipinski definition) is 0. The van der Waals surface area contributed by atoms with Gasteiger partial charge in [0.1, 0.15) is 0 Å². The maximum Gasteiger partial charge on any atom is 0.247 e. The van der Waals surface area contributed by atoms with Crippen LogP contribution in [0.5, 0.6) is 0 Å². The van der Waals surface area contributed by atoms with Crippen molar-refractivity contribution in [2.24, 2.45) is 0 Å². The number of aryl methyl sites for hydroxylation is 6. The topological polar surface area (TPSA) is 0 Å². The highest BCUT2D eigenvalue weighted by Crippen LogP contribution is 2.20. The van der Waals surface area contributed by atoms with Crippen LogP contribution in [0.3, 0.4) is 0 Å². The molecule has 0 N–H and O–H groups in total. The van der Waals surface area contributed by atoms with E-state index in [4.69, 9.17) is 11.1 Å². The van der Waals surface area contributed by atoms with Crippen LogP contribution in [0.25, 0.3) is 0 Å². The van der Waals surface area contributed by atoms with E-state index in [1.54, 1.807) is 0 Å². The SMILES string of the molecule is Cc1cc(C)cc(Cc2ccc([Si](Cl)(c3ccc(Cc4cc(C)cc(C)c4)cc3)c3ccc(Cc4cc(C)cc(C)c4)cc3)cc2)c1. The normalized spacial score (nSPS) is 11.6. The lowest BCUT2D eigenvalue weighted by Gasteiger charge is -2.27. The van der Waals surface area contributed by atoms with E-state index in [9.17, 15) is 0 Å². The van der Waals surface area contributed by atoms with Gasteiger partial charge in [-0.05, 0) is 110 Å². The van der Waals surface area contributed by atoms with E-state index < -0.39 is 7.38 Å². The molecule has 0 aliphatic rings. The Labute approximate surface area is 287 Å². The fourth-order valence-electron chi connectivity index (χ4n) is 7.28. The summed E-state index contributed by atoms with van der Waals surface area (Å²) in [5.74, 6) is 0. The average Bonchev–Trinajstić information content (AvgIpc) is 3.00. The second-order valence-corrected chi connectivity index (χ2v) is 18.5. The van der Waals surface area contributed by atoms with Crippen LogP contribution in [0.15, 0.2) is 127 Å². The molecule has 0 unspecified atom stereocenters. The summed E-state index contributed by atoms with van der Waals surface area (Å²) in [5.41, 5.74) is 15.8. The van der Waals surface area contributed by atoms with Crippen molar-refractivity contribution in [1.29, 1.82) is 0 Å². The minimum Gasteiger partial charge on any atom is -0.149 e. The van der Waals surface area contributed by atoms with Gasteiger partial charge in [-0.3, -0.25) is 0 Å². The van der Waals surface area contributed by atoms with Gasteiger partial charge < -0.3 is 0 Å². The number of benzene rings is 6. The Morgan fingerprint density at radius 3 is 0.745 bits per heavy atom. The van der Waals surface area contributed by atoms with Crippen molar-refractivity contribution in [3.05, 3.63) is 194 Å². The van der Waals surface area contributed by atoms with E-state index in [1.165, 1.54) is 82.3 Å². The van der Waals surface area contributed by atoms with E-state index in [1.807, 2.05) is 0 Å². The summed E-state index contributed by atoms with van der Waals surface area (Å²) in [7, 11) is -2.80. The van der Waals surface area contributed by atoms with Crippen molar-refractivity contribution in [3.63, 3.8) is 0 Å². The Morgan fingerprint density at radius 2 is 0.532 bits per heavy atom. The van der Waals surface area contributed by atoms with Gasteiger partial charge in [0, 0.05) is 0 Å². The molecule has 47 heavy (non-hydrogen) atoms. The quantitative estimate of drug-likeness (QED) is 0.0832. The molecule has 0 aromatic heterocycles. The maximum absolute atomic E-state index is 8.02. The Kier molecular flexibility index (Phi) is 9.69. The molecule has 0 fully saturated rings. The van der Waals surface area contributed by atoms with Crippen molar-refractivity contribution in [3.8, 4) is 0 Å². The Bertz CT molecular complexity index is 1710. The minimum absolute atomic E-state index is 0.917. The third-order valence-corrected chi connectivity index (χ3v) is 14.5. The average molecular weight is 649 g/mol. The van der Waals surface area contributed by atoms with Crippen LogP contribution >= 0.6 is 11.1 Å². The first-order chi connectivity index (χ1) is 22.5. The van der Waals surface area contributed by atoms with Crippen molar-refractivity contribution in [1.82, 2.24) is 0 Å². The van der Waals surface area contributed by atoms with E-state index in [0.29, 0.717) is 0 Å². The van der Waals surface area contributed by atoms with Crippen molar-refractivity contribution < 1.29 is 0 Å². The van der Waals surface area contributed by atoms with Crippen LogP contribution in [0.4, 0.5) is 0 Å². The lowest BCUT2D eigenvalue weighted by Crippen LogP contribution is -2.62. The Hall–Kier alpha value is -4.17. The number of rotatable bonds is 9. The highest BCUT2D eigenvalue weighted by Gasteiger charge is 2.38. The standard InChI is InChI=1S/C45H45ClSi/c1-31-19-32(2)23-40(22-31)28-37-7-13-43(14-8-37)47(46,44-15-9-38(10-16-44)29-41-24-33(3)20-34(4)25-41)45-17-11-39(12-18-45)30-42-26-35(5)21-36(6)27-42/h7-27H,28-30H2,1-6H3. The summed E-state index contributed by atoms with van der Waals surface area (Å²) in [6, 6.07) is 47.8. The molecule has 0 nitrogen and oxygen atoms in total. The van der Waals surface area contributed by atoms with Crippen molar-refractivity contribution in [2.75, 3.05) is 0 Å². The molecular formula is C45H45ClSi. The fraction of sp³-hybridized carbons (Fsp3) is 0.200. The second-order valence-electron chi connectivity index (χ2n) is 13.8. The maximum atomic E-state index is 8.02. The zero-order valence-electron chi connectivity index (χ0n) is 28.6. The monoisotopic (exact) mass is 648 g/mol. The molecule has 0 saturated heterocycles. The number of halogens is 1. The van der Waals surface area contributed by atoms with Gasteiger partial charge in [-0.25, -0.2) is 0 Å². The van der Waals surface area contributed by atoms with E-state index in [-0.39, 0.29) is 0 Å². The predicted molar refractivity (Wildman–Crippen MR) is 206 cm³/mol. The molecule has 0 heterocycles. The molecule has 2 heteroatoms. The first kappa shape index (κ1) is 32.8. The fourth-order valence-corrected chi connectivity index (χ4v) is 11.3. The van der Waals surface area contributed by atoms with Gasteiger partial charge >= 0.3 is 0 Å². The molecule has 6 aromatic rings. The molecule has 0 spiro atoms. The summed E-state index contributed by atoms with van der Waals surface area (Å²) >= 11 is 8.02. The summed E-state index contributed by atoms with van der Waals surface area (Å²) in [4.78, 5) is 0. The van der Waals surface area contributed by atoms with Gasteiger partial charge in [0.25, 0.3) is 0 Å². The minimum atomic E-state index is -2.80. The first-order valence-electron chi connectivity index (χ1n) is 16.7. The van der Waals surface area contributed by atoms with Crippen molar-refractivity contribution in [2.45, 2.75) is 60.8 Å². The molecule has 0 amide bonds. The van der Waals surface area contributed by atoms with Crippen LogP contribution in [0.2, 0.25) is 0 Å². The Morgan fingerprint density at radius 1 is 0.319 bits per heavy atom. The van der Waals surface area contributed by atoms with E-state index in [0.717, 1.165) is 19.3 Å². The Balaban J connectivity index is 1.33. The molecule has 0 aliphatic carbocycles. The van der Waals surface area contributed by atoms with E-state index >= 15 is 0 Å². The van der Waals surface area contributed by atoms with Crippen LogP contribution in [0.1, 0.15) is 66.8 Å². The van der Waals surface area contributed by atoms with Gasteiger partial charge in [-0.15, -0.1) is 11.1 Å². The van der Waals surface area contributed by atoms with Gasteiger partial charge in [0.2, 0.25) is 7.38 Å². The molecule has 6 aromatic carbocycles. The molecule has 0 aliphatic heterocycles. The van der Waals surface area contributed by atoms with Crippen molar-refractivity contribution >= 4 is 34.0 Å². The molecule has 0 bridgehead atoms. The summed E-state index contributed by atoms with van der Waals surface area (Å²) < 4.78 is 0. The van der Waals surface area contributed by atoms with E-state index in [2.05, 4.69) is 169 Å². The second kappa shape index (κ2) is 13.9. The largest absolute Gasteiger partial charge is 0.247 e. The molecule has 236 valence electrons. The van der Waals surface area contributed by atoms with Crippen LogP contribution in [0, 0.1) is 41.5 Å². The lowest BCUT2D eigenvalue weighted by atomic mass is 10.0. The molecule has 0 saturated carbocycles. The van der Waals surface area contributed by atoms with Gasteiger partial charge in [0.05, 0.1) is 0 Å². The van der Waals surface area contributed by atoms with Gasteiger partial charge in [-0.2, -0.15) is 0 Å². The lowest BCUT2D eigenvalue weighted by molar-refractivity contribution is 1.17. The van der Waals surface area contributed by atoms with Crippen LogP contribution < -0.4 is 15.6 Å². The zero-order valence-corrected chi connectivity index (χ0v) is 30.4. The molecule has 0 atom stereocenters. The molecule has 6 rings (SSSR count). The highest BCUT2D eigenvalue weighted by molar-refractivity contribution is 7.40. The smallest absolute Gasteiger partial charge is 0.149 e. The summed E-state index contributed by atoms with van der Waals surface area (Å²) in [6.07, 6.45) is 2.75. The van der Waals surface area contributed by atoms with Crippen LogP contribution in [-0.2, 0) is 19.3 Å². The third-order valence-electron chi connectivity index (χ3n) is 9.12. The summed E-state index contributed by atoms with van der Waals surface area (Å²) in [5, 5.41) is 3.65. The number of hydrogen-bond donors (Lipinski definition) is 0. The van der Waals surface area contributed by atoms with Gasteiger partial charge in [0.15, 0.2) is 0 Å². The van der Waals surface area contributed by atoms with Crippen LogP contribution in [-0.4, -0.2) is 7.38 Å². The zero-order chi connectivity index (χ0) is 33.1. The predicted octanol–water partition coefficient (Wildman–Crippen LogP) is 9.52. The summed E-state index contributed by atoms with van der Waals surface area (Å²) in [6.45, 7) is 13.0. The highest BCUT2D eigenvalue weighted by atomic mass is 35.6. The van der Waals surface area contributed by atoms with Gasteiger partial charge in [-0.1, -0.05) is 161 Å². The third kappa shape index (κ3) is 7.87. The molecular weight excluding hydrogens is 604 g/mol. The first-order valence-corrected chi connectivity index (χ1v) is 19.7.